The molecule has 8 nitrogen and oxygen atoms in total. The van der Waals surface area contributed by atoms with E-state index in [1.54, 1.807) is 0 Å². The highest BCUT2D eigenvalue weighted by Crippen LogP contribution is 2.17. The zero-order valence-corrected chi connectivity index (χ0v) is 10.7. The fraction of sp³-hybridized carbons (Fsp3) is 0.667. The van der Waals surface area contributed by atoms with E-state index in [2.05, 4.69) is 9.72 Å². The van der Waals surface area contributed by atoms with E-state index >= 15 is 0 Å². The van der Waals surface area contributed by atoms with Crippen LogP contribution in [0.5, 0.6) is 0 Å². The van der Waals surface area contributed by atoms with Crippen molar-refractivity contribution in [2.75, 3.05) is 7.11 Å². The number of imidazole rings is 1. The summed E-state index contributed by atoms with van der Waals surface area (Å²) in [5.41, 5.74) is 0. The average molecular weight is 280 g/mol. The number of aromatic nitrogens is 2. The lowest BCUT2D eigenvalue weighted by atomic mass is 10.3. The fourth-order valence-corrected chi connectivity index (χ4v) is 1.51. The van der Waals surface area contributed by atoms with Crippen LogP contribution in [0.15, 0.2) is 6.20 Å². The Bertz CT molecular complexity index is 411. The Morgan fingerprint density at radius 1 is 1.72 bits per heavy atom. The first-order valence-corrected chi connectivity index (χ1v) is 5.59. The van der Waals surface area contributed by atoms with E-state index in [4.69, 9.17) is 16.3 Å². The van der Waals surface area contributed by atoms with Gasteiger partial charge in [-0.25, -0.2) is 0 Å². The van der Waals surface area contributed by atoms with Gasteiger partial charge in [-0.2, -0.15) is 0 Å². The minimum atomic E-state index is -1.34. The third-order valence-corrected chi connectivity index (χ3v) is 2.57. The zero-order valence-electron chi connectivity index (χ0n) is 9.95. The summed E-state index contributed by atoms with van der Waals surface area (Å²) >= 11 is 5.76. The van der Waals surface area contributed by atoms with Crippen molar-refractivity contribution in [1.82, 2.24) is 9.55 Å². The molecule has 1 N–H and O–H groups in total. The van der Waals surface area contributed by atoms with Crippen molar-refractivity contribution in [2.45, 2.75) is 32.5 Å². The second kappa shape index (κ2) is 6.64. The quantitative estimate of drug-likeness (QED) is 0.457. The van der Waals surface area contributed by atoms with Crippen LogP contribution in [0.2, 0.25) is 5.28 Å². The molecule has 0 aliphatic carbocycles. The second-order valence-corrected chi connectivity index (χ2v) is 3.82. The van der Waals surface area contributed by atoms with Crippen LogP contribution < -0.4 is 0 Å². The molecule has 2 unspecified atom stereocenters. The number of nitro groups is 1. The molecule has 9 heteroatoms. The lowest BCUT2D eigenvalue weighted by Crippen LogP contribution is -2.26. The Morgan fingerprint density at radius 3 is 2.83 bits per heavy atom. The first-order valence-electron chi connectivity index (χ1n) is 5.21. The molecule has 1 aromatic rings. The van der Waals surface area contributed by atoms with Crippen molar-refractivity contribution in [1.29, 1.82) is 0 Å². The minimum Gasteiger partial charge on any atom is -0.358 e. The smallest absolute Gasteiger partial charge is 0.358 e. The van der Waals surface area contributed by atoms with E-state index in [0.29, 0.717) is 6.42 Å². The molecule has 18 heavy (non-hydrogen) atoms. The van der Waals surface area contributed by atoms with Crippen LogP contribution in [0.3, 0.4) is 0 Å². The standard InChI is InChI=1S/C9H14ClN3O5/c1-3-6(18-9(14)17-2)4-12-5-7(13(15)16)11-8(12)10/h5-6,9,14H,3-4H2,1-2H3. The SMILES string of the molecule is CCC(Cn1cc([N+](=O)[O-])nc1Cl)OC(O)OC. The topological polar surface area (TPSA) is 99.7 Å². The molecule has 0 aromatic carbocycles. The Labute approximate surface area is 108 Å². The van der Waals surface area contributed by atoms with Gasteiger partial charge in [0.2, 0.25) is 0 Å². The maximum Gasteiger partial charge on any atom is 0.383 e. The Kier molecular flexibility index (Phi) is 5.48. The lowest BCUT2D eigenvalue weighted by Gasteiger charge is -2.19. The number of halogens is 1. The number of hydrogen-bond acceptors (Lipinski definition) is 6. The molecule has 1 heterocycles. The van der Waals surface area contributed by atoms with Crippen LogP contribution in [0.4, 0.5) is 5.82 Å². The van der Waals surface area contributed by atoms with Gasteiger partial charge in [0.25, 0.3) is 6.48 Å². The largest absolute Gasteiger partial charge is 0.383 e. The zero-order chi connectivity index (χ0) is 13.7. The first-order chi connectivity index (χ1) is 8.47. The highest BCUT2D eigenvalue weighted by molar-refractivity contribution is 6.28. The van der Waals surface area contributed by atoms with E-state index in [1.165, 1.54) is 17.9 Å². The Hall–Kier alpha value is -1.22. The predicted molar refractivity (Wildman–Crippen MR) is 62.1 cm³/mol. The minimum absolute atomic E-state index is 0.00402. The molecule has 0 aliphatic heterocycles. The first kappa shape index (κ1) is 14.8. The normalized spacial score (nSPS) is 14.4. The van der Waals surface area contributed by atoms with Crippen LogP contribution in [-0.2, 0) is 16.0 Å². The van der Waals surface area contributed by atoms with E-state index in [1.807, 2.05) is 6.92 Å². The van der Waals surface area contributed by atoms with Crippen molar-refractivity contribution < 1.29 is 19.5 Å². The Balaban J connectivity index is 2.72. The van der Waals surface area contributed by atoms with Crippen molar-refractivity contribution >= 4 is 17.4 Å². The van der Waals surface area contributed by atoms with Gasteiger partial charge in [0.15, 0.2) is 0 Å². The maximum atomic E-state index is 10.5. The van der Waals surface area contributed by atoms with Crippen LogP contribution in [0.25, 0.3) is 0 Å². The van der Waals surface area contributed by atoms with Crippen LogP contribution >= 0.6 is 11.6 Å². The van der Waals surface area contributed by atoms with Gasteiger partial charge in [0.1, 0.15) is 6.20 Å². The van der Waals surface area contributed by atoms with Gasteiger partial charge in [-0.15, -0.1) is 0 Å². The number of methoxy groups -OCH3 is 1. The van der Waals surface area contributed by atoms with E-state index in [9.17, 15) is 15.2 Å². The fourth-order valence-electron chi connectivity index (χ4n) is 1.30. The molecule has 102 valence electrons. The lowest BCUT2D eigenvalue weighted by molar-refractivity contribution is -0.389. The molecule has 0 saturated heterocycles. The van der Waals surface area contributed by atoms with Gasteiger partial charge in [-0.3, -0.25) is 4.57 Å². The third-order valence-electron chi connectivity index (χ3n) is 2.27. The summed E-state index contributed by atoms with van der Waals surface area (Å²) in [5, 5.41) is 19.7. The molecule has 0 radical (unpaired) electrons. The number of nitrogens with zero attached hydrogens (tertiary/aromatic N) is 3. The van der Waals surface area contributed by atoms with Gasteiger partial charge in [0.05, 0.1) is 12.6 Å². The number of aliphatic hydroxyl groups excluding tert-OH is 1. The molecule has 1 rings (SSSR count). The van der Waals surface area contributed by atoms with Gasteiger partial charge in [0, 0.05) is 7.11 Å². The van der Waals surface area contributed by atoms with Gasteiger partial charge < -0.3 is 24.7 Å². The van der Waals surface area contributed by atoms with Gasteiger partial charge in [-0.05, 0) is 27.9 Å². The van der Waals surface area contributed by atoms with Crippen molar-refractivity contribution in [2.24, 2.45) is 0 Å². The summed E-state index contributed by atoms with van der Waals surface area (Å²) in [4.78, 5) is 13.5. The van der Waals surface area contributed by atoms with Gasteiger partial charge in [-0.1, -0.05) is 6.92 Å². The number of ether oxygens (including phenoxy) is 2. The summed E-state index contributed by atoms with van der Waals surface area (Å²) in [7, 11) is 1.30. The monoisotopic (exact) mass is 279 g/mol. The highest BCUT2D eigenvalue weighted by atomic mass is 35.5. The van der Waals surface area contributed by atoms with E-state index in [0.717, 1.165) is 0 Å². The summed E-state index contributed by atoms with van der Waals surface area (Å²) in [6.45, 7) is 0.732. The van der Waals surface area contributed by atoms with Crippen molar-refractivity contribution in [3.8, 4) is 0 Å². The van der Waals surface area contributed by atoms with E-state index in [-0.39, 0.29) is 17.6 Å². The van der Waals surface area contributed by atoms with Crippen LogP contribution in [-0.4, -0.2) is 39.3 Å². The molecule has 1 aromatic heterocycles. The third kappa shape index (κ3) is 3.91. The molecule has 0 saturated carbocycles. The Morgan fingerprint density at radius 2 is 2.39 bits per heavy atom. The summed E-state index contributed by atoms with van der Waals surface area (Å²) < 4.78 is 11.1. The molecule has 2 atom stereocenters. The van der Waals surface area contributed by atoms with Crippen molar-refractivity contribution in [3.05, 3.63) is 21.6 Å². The highest BCUT2D eigenvalue weighted by Gasteiger charge is 2.20. The number of aliphatic hydroxyl groups is 1. The van der Waals surface area contributed by atoms with Crippen LogP contribution in [0, 0.1) is 10.1 Å². The second-order valence-electron chi connectivity index (χ2n) is 3.49. The van der Waals surface area contributed by atoms with Gasteiger partial charge >= 0.3 is 11.1 Å². The molecule has 0 spiro atoms. The van der Waals surface area contributed by atoms with E-state index < -0.39 is 17.5 Å². The molecule has 0 aliphatic rings. The molecule has 0 bridgehead atoms. The summed E-state index contributed by atoms with van der Waals surface area (Å²) in [5.74, 6) is -0.331. The molecule has 0 fully saturated rings. The van der Waals surface area contributed by atoms with Crippen molar-refractivity contribution in [3.63, 3.8) is 0 Å². The molecule has 0 amide bonds. The summed E-state index contributed by atoms with van der Waals surface area (Å²) in [6, 6.07) is 0. The number of hydrogen-bond donors (Lipinski definition) is 1. The predicted octanol–water partition coefficient (Wildman–Crippen LogP) is 1.16. The number of rotatable bonds is 7. The molecular formula is C9H14ClN3O5. The van der Waals surface area contributed by atoms with Crippen LogP contribution in [0.1, 0.15) is 13.3 Å². The summed E-state index contributed by atoms with van der Waals surface area (Å²) in [6.07, 6.45) is 1.39. The average Bonchev–Trinajstić information content (AvgIpc) is 2.70. The maximum absolute atomic E-state index is 10.5. The molecular weight excluding hydrogens is 266 g/mol.